The molecule has 8 nitrogen and oxygen atoms in total. The molecule has 0 bridgehead atoms. The van der Waals surface area contributed by atoms with Crippen molar-refractivity contribution in [3.63, 3.8) is 0 Å². The zero-order valence-corrected chi connectivity index (χ0v) is 17.1. The summed E-state index contributed by atoms with van der Waals surface area (Å²) >= 11 is 0. The van der Waals surface area contributed by atoms with Crippen LogP contribution in [0.25, 0.3) is 16.9 Å². The fourth-order valence-electron chi connectivity index (χ4n) is 3.35. The Bertz CT molecular complexity index is 1260. The molecule has 0 fully saturated rings. The van der Waals surface area contributed by atoms with E-state index in [-0.39, 0.29) is 17.1 Å². The molecule has 4 rings (SSSR count). The molecule has 4 aromatic rings. The lowest BCUT2D eigenvalue weighted by Crippen LogP contribution is -2.15. The van der Waals surface area contributed by atoms with Crippen molar-refractivity contribution in [2.45, 2.75) is 33.9 Å². The predicted molar refractivity (Wildman–Crippen MR) is 110 cm³/mol. The molecule has 3 heterocycles. The summed E-state index contributed by atoms with van der Waals surface area (Å²) in [6.45, 7) is 3.46. The Labute approximate surface area is 176 Å². The van der Waals surface area contributed by atoms with Gasteiger partial charge in [0, 0.05) is 30.1 Å². The van der Waals surface area contributed by atoms with Gasteiger partial charge in [0.05, 0.1) is 17.6 Å². The Hall–Kier alpha value is -3.82. The highest BCUT2D eigenvalue weighted by molar-refractivity contribution is 6.04. The van der Waals surface area contributed by atoms with E-state index in [1.807, 2.05) is 18.5 Å². The molecule has 0 spiro atoms. The molecular weight excluding hydrogens is 406 g/mol. The van der Waals surface area contributed by atoms with E-state index >= 15 is 0 Å². The number of nitrogens with one attached hydrogen (secondary N) is 1. The van der Waals surface area contributed by atoms with Crippen LogP contribution in [0.5, 0.6) is 5.75 Å². The van der Waals surface area contributed by atoms with Crippen molar-refractivity contribution in [2.24, 2.45) is 0 Å². The number of carbonyl (C=O) groups excluding carboxylic acids is 1. The van der Waals surface area contributed by atoms with Crippen LogP contribution in [0.1, 0.15) is 28.7 Å². The van der Waals surface area contributed by atoms with E-state index in [0.717, 1.165) is 29.1 Å². The van der Waals surface area contributed by atoms with Gasteiger partial charge in [-0.15, -0.1) is 0 Å². The number of ether oxygens (including phenoxy) is 1. The van der Waals surface area contributed by atoms with Crippen LogP contribution >= 0.6 is 0 Å². The first kappa shape index (κ1) is 20.5. The molecule has 160 valence electrons. The monoisotopic (exact) mass is 426 g/mol. The lowest BCUT2D eigenvalue weighted by molar-refractivity contribution is -0.0493. The average molecular weight is 426 g/mol. The molecule has 0 saturated heterocycles. The van der Waals surface area contributed by atoms with Gasteiger partial charge in [0.15, 0.2) is 11.3 Å². The van der Waals surface area contributed by atoms with Crippen molar-refractivity contribution in [3.05, 3.63) is 59.7 Å². The molecule has 31 heavy (non-hydrogen) atoms. The van der Waals surface area contributed by atoms with Gasteiger partial charge in [-0.3, -0.25) is 9.48 Å². The summed E-state index contributed by atoms with van der Waals surface area (Å²) in [6, 6.07) is 7.88. The van der Waals surface area contributed by atoms with E-state index in [4.69, 9.17) is 0 Å². The summed E-state index contributed by atoms with van der Waals surface area (Å²) in [5.41, 5.74) is 4.04. The Kier molecular flexibility index (Phi) is 5.37. The van der Waals surface area contributed by atoms with E-state index < -0.39 is 12.5 Å². The van der Waals surface area contributed by atoms with Crippen LogP contribution in [-0.2, 0) is 6.54 Å². The first-order valence-electron chi connectivity index (χ1n) is 9.61. The third-order valence-corrected chi connectivity index (χ3v) is 4.87. The molecule has 1 amide bonds. The quantitative estimate of drug-likeness (QED) is 0.502. The first-order valence-corrected chi connectivity index (χ1v) is 9.61. The summed E-state index contributed by atoms with van der Waals surface area (Å²) in [5, 5.41) is 11.3. The van der Waals surface area contributed by atoms with E-state index in [1.54, 1.807) is 42.0 Å². The Morgan fingerprint density at radius 2 is 2.03 bits per heavy atom. The standard InChI is InChI=1S/C21H20F2N6O2/c1-4-28-13(3)14(11-25-28)17-7-8-24-19-10-16(27-29(17)19)20(30)26-15-9-12(2)5-6-18(15)31-21(22)23/h5-11,21H,4H2,1-3H3,(H,26,30). The zero-order chi connectivity index (χ0) is 22.1. The minimum Gasteiger partial charge on any atom is -0.433 e. The van der Waals surface area contributed by atoms with Gasteiger partial charge in [-0.2, -0.15) is 19.0 Å². The minimum absolute atomic E-state index is 0.0880. The second kappa shape index (κ2) is 8.13. The topological polar surface area (TPSA) is 86.3 Å². The lowest BCUT2D eigenvalue weighted by Gasteiger charge is -2.12. The summed E-state index contributed by atoms with van der Waals surface area (Å²) in [6.07, 6.45) is 3.38. The maximum atomic E-state index is 12.8. The van der Waals surface area contributed by atoms with Gasteiger partial charge in [0.25, 0.3) is 5.91 Å². The van der Waals surface area contributed by atoms with Gasteiger partial charge in [-0.1, -0.05) is 6.07 Å². The Balaban J connectivity index is 1.69. The summed E-state index contributed by atoms with van der Waals surface area (Å²) < 4.78 is 33.3. The van der Waals surface area contributed by atoms with Gasteiger partial charge in [-0.25, -0.2) is 9.50 Å². The number of halogens is 2. The summed E-state index contributed by atoms with van der Waals surface area (Å²) in [4.78, 5) is 17.1. The zero-order valence-electron chi connectivity index (χ0n) is 17.1. The number of hydrogen-bond acceptors (Lipinski definition) is 5. The lowest BCUT2D eigenvalue weighted by atomic mass is 10.2. The first-order chi connectivity index (χ1) is 14.9. The SMILES string of the molecule is CCn1ncc(-c2ccnc3cc(C(=O)Nc4cc(C)ccc4OC(F)F)nn23)c1C. The number of alkyl halides is 2. The molecule has 0 radical (unpaired) electrons. The van der Waals surface area contributed by atoms with Crippen LogP contribution < -0.4 is 10.1 Å². The van der Waals surface area contributed by atoms with Crippen molar-refractivity contribution in [1.82, 2.24) is 24.4 Å². The molecule has 0 saturated carbocycles. The van der Waals surface area contributed by atoms with Crippen LogP contribution in [0.4, 0.5) is 14.5 Å². The molecule has 0 unspecified atom stereocenters. The maximum Gasteiger partial charge on any atom is 0.387 e. The number of carbonyl (C=O) groups is 1. The van der Waals surface area contributed by atoms with Crippen molar-refractivity contribution in [3.8, 4) is 17.0 Å². The van der Waals surface area contributed by atoms with E-state index in [9.17, 15) is 13.6 Å². The van der Waals surface area contributed by atoms with E-state index in [2.05, 4.69) is 25.2 Å². The van der Waals surface area contributed by atoms with Gasteiger partial charge in [0.1, 0.15) is 5.75 Å². The van der Waals surface area contributed by atoms with Crippen LogP contribution in [-0.4, -0.2) is 36.9 Å². The Morgan fingerprint density at radius 1 is 1.23 bits per heavy atom. The van der Waals surface area contributed by atoms with Gasteiger partial charge < -0.3 is 10.1 Å². The highest BCUT2D eigenvalue weighted by atomic mass is 19.3. The summed E-state index contributed by atoms with van der Waals surface area (Å²) in [7, 11) is 0. The molecule has 0 atom stereocenters. The third kappa shape index (κ3) is 3.96. The molecule has 0 aliphatic carbocycles. The van der Waals surface area contributed by atoms with E-state index in [1.165, 1.54) is 12.1 Å². The van der Waals surface area contributed by atoms with Crippen molar-refractivity contribution >= 4 is 17.2 Å². The highest BCUT2D eigenvalue weighted by Crippen LogP contribution is 2.28. The van der Waals surface area contributed by atoms with Crippen molar-refractivity contribution in [2.75, 3.05) is 5.32 Å². The molecule has 0 aliphatic heterocycles. The summed E-state index contributed by atoms with van der Waals surface area (Å²) in [5.74, 6) is -0.693. The second-order valence-corrected chi connectivity index (χ2v) is 6.92. The average Bonchev–Trinajstić information content (AvgIpc) is 3.33. The van der Waals surface area contributed by atoms with Gasteiger partial charge >= 0.3 is 6.61 Å². The smallest absolute Gasteiger partial charge is 0.387 e. The number of rotatable bonds is 6. The van der Waals surface area contributed by atoms with Crippen molar-refractivity contribution in [1.29, 1.82) is 0 Å². The Morgan fingerprint density at radius 3 is 2.74 bits per heavy atom. The molecule has 3 aromatic heterocycles. The van der Waals surface area contributed by atoms with Crippen LogP contribution in [0.2, 0.25) is 0 Å². The number of amides is 1. The highest BCUT2D eigenvalue weighted by Gasteiger charge is 2.18. The normalized spacial score (nSPS) is 11.3. The number of hydrogen-bond donors (Lipinski definition) is 1. The fraction of sp³-hybridized carbons (Fsp3) is 0.238. The van der Waals surface area contributed by atoms with Gasteiger partial charge in [0.2, 0.25) is 0 Å². The number of aromatic nitrogens is 5. The maximum absolute atomic E-state index is 12.8. The number of aryl methyl sites for hydroxylation is 2. The molecule has 10 heteroatoms. The molecule has 1 N–H and O–H groups in total. The number of nitrogens with zero attached hydrogens (tertiary/aromatic N) is 5. The van der Waals surface area contributed by atoms with Crippen molar-refractivity contribution < 1.29 is 18.3 Å². The van der Waals surface area contributed by atoms with E-state index in [0.29, 0.717) is 5.65 Å². The number of anilines is 1. The molecular formula is C21H20F2N6O2. The van der Waals surface area contributed by atoms with Gasteiger partial charge in [-0.05, 0) is 44.5 Å². The van der Waals surface area contributed by atoms with Crippen LogP contribution in [0.15, 0.2) is 42.7 Å². The number of benzene rings is 1. The molecule has 0 aliphatic rings. The number of fused-ring (bicyclic) bond motifs is 1. The minimum atomic E-state index is -3.01. The fourth-order valence-corrected chi connectivity index (χ4v) is 3.35. The van der Waals surface area contributed by atoms with Crippen LogP contribution in [0, 0.1) is 13.8 Å². The second-order valence-electron chi connectivity index (χ2n) is 6.92. The van der Waals surface area contributed by atoms with Crippen LogP contribution in [0.3, 0.4) is 0 Å². The largest absolute Gasteiger partial charge is 0.433 e. The third-order valence-electron chi connectivity index (χ3n) is 4.87. The molecule has 1 aromatic carbocycles. The predicted octanol–water partition coefficient (Wildman–Crippen LogP) is 4.08.